The van der Waals surface area contributed by atoms with Gasteiger partial charge >= 0.3 is 0 Å². The number of hydrogen-bond acceptors (Lipinski definition) is 6. The maximum atomic E-state index is 12.6. The number of non-ortho nitro benzene ring substituents is 1. The van der Waals surface area contributed by atoms with Crippen molar-refractivity contribution in [3.8, 4) is 0 Å². The molecule has 0 radical (unpaired) electrons. The summed E-state index contributed by atoms with van der Waals surface area (Å²) in [6.07, 6.45) is 1.22. The number of rotatable bonds is 4. The fourth-order valence-corrected chi connectivity index (χ4v) is 3.91. The van der Waals surface area contributed by atoms with Crippen molar-refractivity contribution in [3.63, 3.8) is 0 Å². The van der Waals surface area contributed by atoms with E-state index in [0.717, 1.165) is 6.07 Å². The summed E-state index contributed by atoms with van der Waals surface area (Å²) in [4.78, 5) is 9.93. The Balaban J connectivity index is 2.32. The number of methoxy groups -OCH3 is 1. The third-order valence-corrected chi connectivity index (χ3v) is 5.51. The largest absolute Gasteiger partial charge is 0.398 e. The van der Waals surface area contributed by atoms with Gasteiger partial charge in [-0.2, -0.15) is 4.31 Å². The molecule has 0 saturated carbocycles. The average molecular weight is 315 g/mol. The number of nitrogen functional groups attached to an aromatic ring is 1. The number of nitrogens with zero attached hydrogens (tertiary/aromatic N) is 2. The van der Waals surface area contributed by atoms with Gasteiger partial charge in [0.15, 0.2) is 0 Å². The van der Waals surface area contributed by atoms with E-state index in [1.165, 1.54) is 16.4 Å². The standard InChI is InChI=1S/C12H17N3O5S/c1-20-10-4-6-14(7-5-10)21(18,19)12-8-9(15(16)17)2-3-11(12)13/h2-3,8,10H,4-7,13H2,1H3. The highest BCUT2D eigenvalue weighted by molar-refractivity contribution is 7.89. The molecule has 1 aliphatic rings. The van der Waals surface area contributed by atoms with Gasteiger partial charge in [0.2, 0.25) is 10.0 Å². The summed E-state index contributed by atoms with van der Waals surface area (Å²) >= 11 is 0. The number of nitro benzene ring substituents is 1. The van der Waals surface area contributed by atoms with Gasteiger partial charge in [-0.3, -0.25) is 10.1 Å². The van der Waals surface area contributed by atoms with Gasteiger partial charge in [-0.25, -0.2) is 8.42 Å². The van der Waals surface area contributed by atoms with E-state index < -0.39 is 14.9 Å². The molecule has 2 rings (SSSR count). The maximum Gasteiger partial charge on any atom is 0.270 e. The summed E-state index contributed by atoms with van der Waals surface area (Å²) in [5, 5.41) is 10.8. The Morgan fingerprint density at radius 2 is 2.00 bits per heavy atom. The maximum absolute atomic E-state index is 12.6. The van der Waals surface area contributed by atoms with E-state index >= 15 is 0 Å². The van der Waals surface area contributed by atoms with Crippen LogP contribution in [-0.2, 0) is 14.8 Å². The lowest BCUT2D eigenvalue weighted by atomic mass is 10.1. The van der Waals surface area contributed by atoms with E-state index in [0.29, 0.717) is 25.9 Å². The fourth-order valence-electron chi connectivity index (χ4n) is 2.31. The second-order valence-corrected chi connectivity index (χ2v) is 6.72. The first-order chi connectivity index (χ1) is 9.86. The van der Waals surface area contributed by atoms with E-state index in [2.05, 4.69) is 0 Å². The Bertz CT molecular complexity index is 638. The topological polar surface area (TPSA) is 116 Å². The molecule has 1 aromatic carbocycles. The summed E-state index contributed by atoms with van der Waals surface area (Å²) in [5.74, 6) is 0. The molecular formula is C12H17N3O5S. The molecule has 8 nitrogen and oxygen atoms in total. The lowest BCUT2D eigenvalue weighted by Crippen LogP contribution is -2.40. The van der Waals surface area contributed by atoms with Crippen LogP contribution in [0.5, 0.6) is 0 Å². The van der Waals surface area contributed by atoms with Gasteiger partial charge in [-0.1, -0.05) is 0 Å². The van der Waals surface area contributed by atoms with Crippen molar-refractivity contribution in [2.45, 2.75) is 23.8 Å². The Kier molecular flexibility index (Phi) is 4.45. The molecule has 0 amide bonds. The van der Waals surface area contributed by atoms with Crippen LogP contribution < -0.4 is 5.73 Å². The van der Waals surface area contributed by atoms with Crippen LogP contribution in [0.3, 0.4) is 0 Å². The predicted molar refractivity (Wildman–Crippen MR) is 76.3 cm³/mol. The number of hydrogen-bond donors (Lipinski definition) is 1. The van der Waals surface area contributed by atoms with Crippen molar-refractivity contribution in [2.75, 3.05) is 25.9 Å². The Hall–Kier alpha value is -1.71. The third-order valence-electron chi connectivity index (χ3n) is 3.56. The van der Waals surface area contributed by atoms with Gasteiger partial charge in [-0.05, 0) is 18.9 Å². The monoisotopic (exact) mass is 315 g/mol. The lowest BCUT2D eigenvalue weighted by molar-refractivity contribution is -0.385. The van der Waals surface area contributed by atoms with Crippen LogP contribution in [0.25, 0.3) is 0 Å². The molecule has 2 N–H and O–H groups in total. The average Bonchev–Trinajstić information content (AvgIpc) is 2.47. The van der Waals surface area contributed by atoms with Gasteiger partial charge in [-0.15, -0.1) is 0 Å². The van der Waals surface area contributed by atoms with Gasteiger partial charge < -0.3 is 10.5 Å². The van der Waals surface area contributed by atoms with Crippen LogP contribution in [0, 0.1) is 10.1 Å². The van der Waals surface area contributed by atoms with Crippen molar-refractivity contribution in [2.24, 2.45) is 0 Å². The molecule has 1 aliphatic heterocycles. The minimum absolute atomic E-state index is 0.00876. The van der Waals surface area contributed by atoms with Crippen LogP contribution in [0.1, 0.15) is 12.8 Å². The van der Waals surface area contributed by atoms with Crippen molar-refractivity contribution < 1.29 is 18.1 Å². The molecule has 0 aliphatic carbocycles. The summed E-state index contributed by atoms with van der Waals surface area (Å²) in [7, 11) is -2.24. The number of anilines is 1. The van der Waals surface area contributed by atoms with Crippen LogP contribution >= 0.6 is 0 Å². The smallest absolute Gasteiger partial charge is 0.270 e. The number of sulfonamides is 1. The third kappa shape index (κ3) is 3.14. The fraction of sp³-hybridized carbons (Fsp3) is 0.500. The SMILES string of the molecule is COC1CCN(S(=O)(=O)c2cc([N+](=O)[O-])ccc2N)CC1. The van der Waals surface area contributed by atoms with Gasteiger partial charge in [0.1, 0.15) is 4.90 Å². The molecule has 0 unspecified atom stereocenters. The zero-order valence-electron chi connectivity index (χ0n) is 11.6. The Morgan fingerprint density at radius 1 is 1.38 bits per heavy atom. The molecule has 116 valence electrons. The summed E-state index contributed by atoms with van der Waals surface area (Å²) in [5.41, 5.74) is 5.39. The molecule has 0 bridgehead atoms. The van der Waals surface area contributed by atoms with Gasteiger partial charge in [0.25, 0.3) is 5.69 Å². The molecule has 1 aromatic rings. The van der Waals surface area contributed by atoms with E-state index in [4.69, 9.17) is 10.5 Å². The van der Waals surface area contributed by atoms with E-state index in [1.807, 2.05) is 0 Å². The zero-order chi connectivity index (χ0) is 15.6. The van der Waals surface area contributed by atoms with Crippen molar-refractivity contribution >= 4 is 21.4 Å². The molecular weight excluding hydrogens is 298 g/mol. The molecule has 0 aromatic heterocycles. The lowest BCUT2D eigenvalue weighted by Gasteiger charge is -2.30. The van der Waals surface area contributed by atoms with Crippen LogP contribution in [0.2, 0.25) is 0 Å². The second-order valence-electron chi connectivity index (χ2n) is 4.82. The molecule has 0 spiro atoms. The van der Waals surface area contributed by atoms with Crippen molar-refractivity contribution in [1.29, 1.82) is 0 Å². The molecule has 1 heterocycles. The van der Waals surface area contributed by atoms with E-state index in [-0.39, 0.29) is 22.4 Å². The van der Waals surface area contributed by atoms with Crippen LogP contribution in [-0.4, -0.2) is 43.9 Å². The summed E-state index contributed by atoms with van der Waals surface area (Å²) in [6.45, 7) is 0.617. The first-order valence-electron chi connectivity index (χ1n) is 6.43. The molecule has 1 saturated heterocycles. The Morgan fingerprint density at radius 3 is 2.52 bits per heavy atom. The van der Waals surface area contributed by atoms with Gasteiger partial charge in [0.05, 0.1) is 16.7 Å². The quantitative estimate of drug-likeness (QED) is 0.503. The van der Waals surface area contributed by atoms with Gasteiger partial charge in [0, 0.05) is 32.3 Å². The number of nitro groups is 1. The molecule has 1 fully saturated rings. The predicted octanol–water partition coefficient (Wildman–Crippen LogP) is 0.977. The number of nitrogens with two attached hydrogens (primary N) is 1. The number of piperidine rings is 1. The first kappa shape index (κ1) is 15.7. The molecule has 0 atom stereocenters. The van der Waals surface area contributed by atoms with E-state index in [9.17, 15) is 18.5 Å². The minimum Gasteiger partial charge on any atom is -0.398 e. The summed E-state index contributed by atoms with van der Waals surface area (Å²) in [6, 6.07) is 3.44. The van der Waals surface area contributed by atoms with Crippen molar-refractivity contribution in [3.05, 3.63) is 28.3 Å². The highest BCUT2D eigenvalue weighted by Crippen LogP contribution is 2.28. The van der Waals surface area contributed by atoms with Crippen molar-refractivity contribution in [1.82, 2.24) is 4.31 Å². The Labute approximate surface area is 122 Å². The zero-order valence-corrected chi connectivity index (χ0v) is 12.4. The van der Waals surface area contributed by atoms with E-state index in [1.54, 1.807) is 7.11 Å². The number of benzene rings is 1. The normalized spacial score (nSPS) is 17.8. The highest BCUT2D eigenvalue weighted by atomic mass is 32.2. The van der Waals surface area contributed by atoms with Crippen LogP contribution in [0.4, 0.5) is 11.4 Å². The molecule has 9 heteroatoms. The van der Waals surface area contributed by atoms with Crippen LogP contribution in [0.15, 0.2) is 23.1 Å². The minimum atomic E-state index is -3.83. The summed E-state index contributed by atoms with van der Waals surface area (Å²) < 4.78 is 31.6. The number of ether oxygens (including phenoxy) is 1. The highest BCUT2D eigenvalue weighted by Gasteiger charge is 2.31. The second kappa shape index (κ2) is 5.96. The molecule has 21 heavy (non-hydrogen) atoms. The first-order valence-corrected chi connectivity index (χ1v) is 7.87.